The zero-order chi connectivity index (χ0) is 15.1. The number of rotatable bonds is 6. The first-order valence-electron chi connectivity index (χ1n) is 6.62. The summed E-state index contributed by atoms with van der Waals surface area (Å²) in [6.07, 6.45) is 2.23. The topological polar surface area (TPSA) is 93.9 Å². The maximum atomic E-state index is 12.0. The molecule has 0 spiro atoms. The van der Waals surface area contributed by atoms with Crippen LogP contribution in [-0.4, -0.2) is 22.9 Å². The Labute approximate surface area is 122 Å². The molecule has 0 amide bonds. The lowest BCUT2D eigenvalue weighted by atomic mass is 10.1. The molecule has 0 saturated carbocycles. The van der Waals surface area contributed by atoms with Gasteiger partial charge in [0.2, 0.25) is 0 Å². The van der Waals surface area contributed by atoms with Crippen molar-refractivity contribution in [2.75, 3.05) is 13.2 Å². The lowest BCUT2D eigenvalue weighted by Gasteiger charge is -2.07. The molecule has 108 valence electrons. The number of benzene rings is 1. The zero-order valence-electron chi connectivity index (χ0n) is 11.5. The molecule has 0 radical (unpaired) electrons. The molecule has 0 bridgehead atoms. The molecule has 1 aromatic heterocycles. The smallest absolute Gasteiger partial charge is 0.270 e. The van der Waals surface area contributed by atoms with Crippen LogP contribution in [-0.2, 0) is 6.54 Å². The van der Waals surface area contributed by atoms with E-state index in [0.29, 0.717) is 31.0 Å². The summed E-state index contributed by atoms with van der Waals surface area (Å²) < 4.78 is 6.70. The molecular formula is C15H16N4O2. The second kappa shape index (κ2) is 7.22. The van der Waals surface area contributed by atoms with Gasteiger partial charge in [0.25, 0.3) is 5.56 Å². The van der Waals surface area contributed by atoms with Crippen molar-refractivity contribution in [3.8, 4) is 11.8 Å². The molecule has 21 heavy (non-hydrogen) atoms. The van der Waals surface area contributed by atoms with Gasteiger partial charge in [-0.15, -0.1) is 0 Å². The van der Waals surface area contributed by atoms with Gasteiger partial charge in [-0.05, 0) is 30.7 Å². The molecule has 1 aromatic carbocycles. The average Bonchev–Trinajstić information content (AvgIpc) is 2.50. The van der Waals surface area contributed by atoms with Gasteiger partial charge >= 0.3 is 0 Å². The van der Waals surface area contributed by atoms with Gasteiger partial charge in [0.05, 0.1) is 31.0 Å². The molecule has 0 unspecified atom stereocenters. The normalized spacial score (nSPS) is 10.1. The quantitative estimate of drug-likeness (QED) is 0.795. The molecule has 2 aromatic rings. The van der Waals surface area contributed by atoms with Crippen molar-refractivity contribution in [2.24, 2.45) is 5.73 Å². The van der Waals surface area contributed by atoms with E-state index in [1.807, 2.05) is 6.07 Å². The Morgan fingerprint density at radius 2 is 2.24 bits per heavy atom. The van der Waals surface area contributed by atoms with Crippen molar-refractivity contribution in [3.63, 3.8) is 0 Å². The van der Waals surface area contributed by atoms with Crippen LogP contribution in [0.5, 0.6) is 5.75 Å². The van der Waals surface area contributed by atoms with Crippen LogP contribution in [0, 0.1) is 11.3 Å². The zero-order valence-corrected chi connectivity index (χ0v) is 11.5. The Hall–Kier alpha value is -2.65. The van der Waals surface area contributed by atoms with Gasteiger partial charge in [-0.2, -0.15) is 10.4 Å². The van der Waals surface area contributed by atoms with Crippen LogP contribution in [0.2, 0.25) is 0 Å². The summed E-state index contributed by atoms with van der Waals surface area (Å²) in [7, 11) is 0. The molecule has 6 heteroatoms. The number of hydrogen-bond donors (Lipinski definition) is 1. The van der Waals surface area contributed by atoms with Gasteiger partial charge in [-0.25, -0.2) is 4.68 Å². The highest BCUT2D eigenvalue weighted by atomic mass is 16.5. The first kappa shape index (κ1) is 14.8. The summed E-state index contributed by atoms with van der Waals surface area (Å²) in [5.41, 5.74) is 6.53. The van der Waals surface area contributed by atoms with Crippen LogP contribution in [0.4, 0.5) is 0 Å². The van der Waals surface area contributed by atoms with E-state index < -0.39 is 0 Å². The highest BCUT2D eigenvalue weighted by Crippen LogP contribution is 2.07. The fourth-order valence-corrected chi connectivity index (χ4v) is 1.80. The number of aromatic nitrogens is 2. The summed E-state index contributed by atoms with van der Waals surface area (Å²) in [6.45, 7) is 1.32. The molecule has 0 fully saturated rings. The minimum atomic E-state index is -0.248. The number of nitrogens with two attached hydrogens (primary N) is 1. The predicted molar refractivity (Wildman–Crippen MR) is 77.9 cm³/mol. The van der Waals surface area contributed by atoms with Crippen LogP contribution in [0.3, 0.4) is 0 Å². The fourth-order valence-electron chi connectivity index (χ4n) is 1.80. The van der Waals surface area contributed by atoms with E-state index >= 15 is 0 Å². The lowest BCUT2D eigenvalue weighted by molar-refractivity contribution is 0.309. The Morgan fingerprint density at radius 1 is 1.38 bits per heavy atom. The lowest BCUT2D eigenvalue weighted by Crippen LogP contribution is -2.22. The summed E-state index contributed by atoms with van der Waals surface area (Å²) in [5.74, 6) is 0.440. The van der Waals surface area contributed by atoms with E-state index in [1.165, 1.54) is 16.9 Å². The molecule has 0 saturated heterocycles. The van der Waals surface area contributed by atoms with E-state index in [9.17, 15) is 4.79 Å². The Balaban J connectivity index is 2.10. The second-order valence-corrected chi connectivity index (χ2v) is 4.49. The van der Waals surface area contributed by atoms with E-state index in [2.05, 4.69) is 11.2 Å². The SMILES string of the molecule is N#Cc1cccc(Cn2ncc(OCCCN)cc2=O)c1. The third-order valence-corrected chi connectivity index (χ3v) is 2.85. The number of ether oxygens (including phenoxy) is 1. The first-order chi connectivity index (χ1) is 10.2. The van der Waals surface area contributed by atoms with Crippen LogP contribution in [0.1, 0.15) is 17.5 Å². The van der Waals surface area contributed by atoms with Crippen molar-refractivity contribution in [1.29, 1.82) is 5.26 Å². The van der Waals surface area contributed by atoms with Gasteiger partial charge in [-0.1, -0.05) is 12.1 Å². The second-order valence-electron chi connectivity index (χ2n) is 4.49. The van der Waals surface area contributed by atoms with E-state index in [-0.39, 0.29) is 5.56 Å². The molecule has 1 heterocycles. The molecular weight excluding hydrogens is 268 g/mol. The molecule has 0 atom stereocenters. The minimum absolute atomic E-state index is 0.248. The van der Waals surface area contributed by atoms with Gasteiger partial charge in [0, 0.05) is 6.07 Å². The fraction of sp³-hybridized carbons (Fsp3) is 0.267. The Kier molecular flexibility index (Phi) is 5.07. The van der Waals surface area contributed by atoms with Crippen LogP contribution < -0.4 is 16.0 Å². The monoisotopic (exact) mass is 284 g/mol. The average molecular weight is 284 g/mol. The van der Waals surface area contributed by atoms with Crippen molar-refractivity contribution in [3.05, 3.63) is 58.0 Å². The summed E-state index contributed by atoms with van der Waals surface area (Å²) >= 11 is 0. The van der Waals surface area contributed by atoms with Crippen molar-refractivity contribution in [1.82, 2.24) is 9.78 Å². The molecule has 0 aliphatic heterocycles. The summed E-state index contributed by atoms with van der Waals surface area (Å²) in [5, 5.41) is 12.9. The van der Waals surface area contributed by atoms with Gasteiger partial charge in [-0.3, -0.25) is 4.79 Å². The largest absolute Gasteiger partial charge is 0.492 e. The number of nitrogens with zero attached hydrogens (tertiary/aromatic N) is 3. The van der Waals surface area contributed by atoms with Gasteiger partial charge in [0.15, 0.2) is 0 Å². The number of hydrogen-bond acceptors (Lipinski definition) is 5. The van der Waals surface area contributed by atoms with Crippen molar-refractivity contribution >= 4 is 0 Å². The van der Waals surface area contributed by atoms with Crippen molar-refractivity contribution < 1.29 is 4.74 Å². The Morgan fingerprint density at radius 3 is 2.95 bits per heavy atom. The minimum Gasteiger partial charge on any atom is -0.492 e. The predicted octanol–water partition coefficient (Wildman–Crippen LogP) is 0.891. The molecule has 6 nitrogen and oxygen atoms in total. The van der Waals surface area contributed by atoms with Gasteiger partial charge < -0.3 is 10.5 Å². The number of nitriles is 1. The highest BCUT2D eigenvalue weighted by molar-refractivity contribution is 5.32. The molecule has 0 aliphatic carbocycles. The summed E-state index contributed by atoms with van der Waals surface area (Å²) in [6, 6.07) is 10.5. The van der Waals surface area contributed by atoms with E-state index in [4.69, 9.17) is 15.7 Å². The third-order valence-electron chi connectivity index (χ3n) is 2.85. The molecule has 2 N–H and O–H groups in total. The standard InChI is InChI=1S/C15H16N4O2/c16-5-2-6-21-14-8-15(20)19(18-10-14)11-13-4-1-3-12(7-13)9-17/h1,3-4,7-8,10H,2,5-6,11,16H2. The van der Waals surface area contributed by atoms with E-state index in [1.54, 1.807) is 18.2 Å². The van der Waals surface area contributed by atoms with Crippen LogP contribution in [0.25, 0.3) is 0 Å². The summed E-state index contributed by atoms with van der Waals surface area (Å²) in [4.78, 5) is 12.0. The third kappa shape index (κ3) is 4.16. The van der Waals surface area contributed by atoms with Gasteiger partial charge in [0.1, 0.15) is 5.75 Å². The molecule has 2 rings (SSSR count). The maximum absolute atomic E-state index is 12.0. The van der Waals surface area contributed by atoms with Crippen LogP contribution in [0.15, 0.2) is 41.3 Å². The first-order valence-corrected chi connectivity index (χ1v) is 6.62. The molecule has 0 aliphatic rings. The highest BCUT2D eigenvalue weighted by Gasteiger charge is 2.03. The maximum Gasteiger partial charge on any atom is 0.270 e. The van der Waals surface area contributed by atoms with Crippen molar-refractivity contribution in [2.45, 2.75) is 13.0 Å². The van der Waals surface area contributed by atoms with Crippen LogP contribution >= 0.6 is 0 Å². The van der Waals surface area contributed by atoms with E-state index in [0.717, 1.165) is 12.0 Å². The Bertz CT molecular complexity index is 703.